The van der Waals surface area contributed by atoms with Crippen LogP contribution in [-0.2, 0) is 0 Å². The molecule has 1 aromatic rings. The maximum absolute atomic E-state index is 10.4. The van der Waals surface area contributed by atoms with Crippen LogP contribution >= 0.6 is 11.3 Å². The first-order valence-corrected chi connectivity index (χ1v) is 4.99. The fraction of sp³-hybridized carbons (Fsp3) is 0. The summed E-state index contributed by atoms with van der Waals surface area (Å²) in [6, 6.07) is 3.15. The van der Waals surface area contributed by atoms with Gasteiger partial charge in [-0.2, -0.15) is 0 Å². The minimum atomic E-state index is -0.406. The van der Waals surface area contributed by atoms with Gasteiger partial charge in [-0.1, -0.05) is 23.1 Å². The number of aliphatic imine (C=N–C) groups is 1. The summed E-state index contributed by atoms with van der Waals surface area (Å²) in [6.45, 7) is 0. The summed E-state index contributed by atoms with van der Waals surface area (Å²) in [5, 5.41) is 10.5. The predicted octanol–water partition coefficient (Wildman–Crippen LogP) is 2.68. The molecule has 0 bridgehead atoms. The van der Waals surface area contributed by atoms with E-state index < -0.39 is 4.92 Å². The third kappa shape index (κ3) is 2.28. The van der Waals surface area contributed by atoms with Gasteiger partial charge in [0, 0.05) is 12.3 Å². The highest BCUT2D eigenvalue weighted by atomic mass is 32.1. The molecule has 0 unspecified atom stereocenters. The Kier molecular flexibility index (Phi) is 2.58. The fourth-order valence-electron chi connectivity index (χ4n) is 1.04. The molecule has 0 N–H and O–H groups in total. The first-order valence-electron chi connectivity index (χ1n) is 4.17. The summed E-state index contributed by atoms with van der Waals surface area (Å²) in [7, 11) is 0. The average molecular weight is 218 g/mol. The summed E-state index contributed by atoms with van der Waals surface area (Å²) in [5.41, 5.74) is 3.64. The van der Waals surface area contributed by atoms with E-state index in [9.17, 15) is 10.1 Å². The largest absolute Gasteiger partial charge is 0.324 e. The maximum atomic E-state index is 10.4. The van der Waals surface area contributed by atoms with E-state index in [1.807, 2.05) is 12.2 Å². The van der Waals surface area contributed by atoms with Crippen molar-refractivity contribution < 1.29 is 4.92 Å². The molecule has 0 aliphatic heterocycles. The normalized spacial score (nSPS) is 13.7. The second-order valence-electron chi connectivity index (χ2n) is 2.75. The second-order valence-corrected chi connectivity index (χ2v) is 3.84. The number of allylic oxidation sites excluding steroid dienone is 2. The smallest absolute Gasteiger partial charge is 0.258 e. The van der Waals surface area contributed by atoms with Crippen molar-refractivity contribution >= 4 is 22.6 Å². The van der Waals surface area contributed by atoms with Crippen molar-refractivity contribution in [1.82, 2.24) is 0 Å². The molecule has 5 heteroatoms. The lowest BCUT2D eigenvalue weighted by molar-refractivity contribution is -0.380. The molecule has 0 radical (unpaired) electrons. The van der Waals surface area contributed by atoms with E-state index in [4.69, 9.17) is 0 Å². The lowest BCUT2D eigenvalue weighted by Crippen LogP contribution is -1.80. The van der Waals surface area contributed by atoms with Gasteiger partial charge in [0.2, 0.25) is 0 Å². The summed E-state index contributed by atoms with van der Waals surface area (Å²) in [4.78, 5) is 14.9. The molecule has 1 aromatic heterocycles. The van der Waals surface area contributed by atoms with Gasteiger partial charge in [-0.15, -0.1) is 0 Å². The molecule has 15 heavy (non-hydrogen) atoms. The van der Waals surface area contributed by atoms with Gasteiger partial charge in [0.25, 0.3) is 0 Å². The number of rotatable bonds is 3. The van der Waals surface area contributed by atoms with Crippen LogP contribution in [0.1, 0.15) is 4.88 Å². The summed E-state index contributed by atoms with van der Waals surface area (Å²) in [5.74, 6) is 0. The quantitative estimate of drug-likeness (QED) is 0.339. The summed E-state index contributed by atoms with van der Waals surface area (Å²) < 4.78 is 0. The molecule has 0 saturated carbocycles. The molecule has 74 valence electrons. The van der Waals surface area contributed by atoms with Crippen LogP contribution in [-0.4, -0.2) is 11.1 Å². The third-order valence-corrected chi connectivity index (χ3v) is 2.68. The van der Waals surface area contributed by atoms with Gasteiger partial charge in [-0.05, 0) is 18.2 Å². The second kappa shape index (κ2) is 4.04. The number of hydrogen-bond donors (Lipinski definition) is 0. The molecule has 0 aromatic carbocycles. The Bertz CT molecular complexity index is 519. The first kappa shape index (κ1) is 9.58. The highest BCUT2D eigenvalue weighted by Gasteiger charge is 2.07. The van der Waals surface area contributed by atoms with E-state index in [1.54, 1.807) is 18.4 Å². The topological polar surface area (TPSA) is 55.5 Å². The summed E-state index contributed by atoms with van der Waals surface area (Å²) >= 11 is 1.10. The van der Waals surface area contributed by atoms with Gasteiger partial charge in [-0.25, -0.2) is 4.99 Å². The van der Waals surface area contributed by atoms with Crippen molar-refractivity contribution in [3.8, 4) is 0 Å². The molecule has 1 heterocycles. The zero-order valence-corrected chi connectivity index (χ0v) is 8.40. The first-order chi connectivity index (χ1) is 7.25. The number of thiophene rings is 1. The van der Waals surface area contributed by atoms with Gasteiger partial charge < -0.3 is 0 Å². The van der Waals surface area contributed by atoms with Crippen LogP contribution < -0.4 is 0 Å². The number of hydrogen-bond acceptors (Lipinski definition) is 4. The molecule has 1 aliphatic rings. The van der Waals surface area contributed by atoms with E-state index in [2.05, 4.69) is 10.7 Å². The highest BCUT2D eigenvalue weighted by molar-refractivity contribution is 7.16. The highest BCUT2D eigenvalue weighted by Crippen LogP contribution is 2.22. The van der Waals surface area contributed by atoms with Gasteiger partial charge in [0.1, 0.15) is 5.70 Å². The Balaban J connectivity index is 2.14. The van der Waals surface area contributed by atoms with Crippen molar-refractivity contribution in [2.45, 2.75) is 0 Å². The van der Waals surface area contributed by atoms with Crippen molar-refractivity contribution in [2.24, 2.45) is 4.99 Å². The number of nitrogens with zero attached hydrogens (tertiary/aromatic N) is 2. The Morgan fingerprint density at radius 3 is 3.00 bits per heavy atom. The van der Waals surface area contributed by atoms with Crippen molar-refractivity contribution in [3.63, 3.8) is 0 Å². The molecule has 1 aliphatic carbocycles. The minimum Gasteiger partial charge on any atom is -0.258 e. The van der Waals surface area contributed by atoms with Crippen LogP contribution in [0.2, 0.25) is 0 Å². The van der Waals surface area contributed by atoms with Gasteiger partial charge >= 0.3 is 5.00 Å². The Morgan fingerprint density at radius 2 is 2.40 bits per heavy atom. The maximum Gasteiger partial charge on any atom is 0.324 e. The molecule has 2 rings (SSSR count). The van der Waals surface area contributed by atoms with Crippen molar-refractivity contribution in [3.05, 3.63) is 56.8 Å². The van der Waals surface area contributed by atoms with E-state index in [1.165, 1.54) is 6.07 Å². The monoisotopic (exact) mass is 218 g/mol. The molecule has 0 atom stereocenters. The van der Waals surface area contributed by atoms with Gasteiger partial charge in [0.15, 0.2) is 0 Å². The molecular formula is C10H6N2O2S. The Hall–Kier alpha value is -1.97. The summed E-state index contributed by atoms with van der Waals surface area (Å²) in [6.07, 6.45) is 7.02. The standard InChI is InChI=1S/C10H6N2O2S/c13-12(14)10-6-5-9(15-10)7-11-8-3-1-2-4-8/h1-3,5-7H. The average Bonchev–Trinajstić information content (AvgIpc) is 2.86. The van der Waals surface area contributed by atoms with Crippen LogP contribution in [0.25, 0.3) is 0 Å². The fourth-order valence-corrected chi connectivity index (χ4v) is 1.74. The Morgan fingerprint density at radius 1 is 1.53 bits per heavy atom. The van der Waals surface area contributed by atoms with E-state index in [0.717, 1.165) is 21.9 Å². The third-order valence-electron chi connectivity index (χ3n) is 1.70. The molecular weight excluding hydrogens is 212 g/mol. The van der Waals surface area contributed by atoms with Crippen LogP contribution in [0.15, 0.2) is 46.8 Å². The van der Waals surface area contributed by atoms with Crippen LogP contribution in [0.5, 0.6) is 0 Å². The molecule has 0 saturated heterocycles. The van der Waals surface area contributed by atoms with Crippen molar-refractivity contribution in [1.29, 1.82) is 0 Å². The van der Waals surface area contributed by atoms with E-state index in [0.29, 0.717) is 0 Å². The molecule has 0 amide bonds. The van der Waals surface area contributed by atoms with E-state index >= 15 is 0 Å². The minimum absolute atomic E-state index is 0.128. The lowest BCUT2D eigenvalue weighted by Gasteiger charge is -1.84. The van der Waals surface area contributed by atoms with Crippen LogP contribution in [0.4, 0.5) is 5.00 Å². The van der Waals surface area contributed by atoms with Gasteiger partial charge in [-0.3, -0.25) is 10.1 Å². The van der Waals surface area contributed by atoms with E-state index in [-0.39, 0.29) is 5.00 Å². The number of nitro groups is 1. The zero-order chi connectivity index (χ0) is 10.7. The molecule has 4 nitrogen and oxygen atoms in total. The van der Waals surface area contributed by atoms with Crippen LogP contribution in [0, 0.1) is 10.1 Å². The predicted molar refractivity (Wildman–Crippen MR) is 59.3 cm³/mol. The van der Waals surface area contributed by atoms with Crippen molar-refractivity contribution in [2.75, 3.05) is 0 Å². The van der Waals surface area contributed by atoms with Crippen LogP contribution in [0.3, 0.4) is 0 Å². The molecule has 0 fully saturated rings. The SMILES string of the molecule is O=[N+]([O-])c1ccc(C=NC2=C=CC=C2)s1. The Labute approximate surface area is 89.7 Å². The zero-order valence-electron chi connectivity index (χ0n) is 7.58. The lowest BCUT2D eigenvalue weighted by atomic mass is 10.4. The van der Waals surface area contributed by atoms with Gasteiger partial charge in [0.05, 0.1) is 9.80 Å². The molecule has 0 spiro atoms.